The molecule has 12 amide bonds. The molecular weight excluding hydrogens is 1650 g/mol. The predicted molar refractivity (Wildman–Crippen MR) is 467 cm³/mol. The fraction of sp³-hybridized carbons (Fsp3) is 0.723. The van der Waals surface area contributed by atoms with Gasteiger partial charge in [-0.2, -0.15) is 24.4 Å². The van der Waals surface area contributed by atoms with Crippen LogP contribution >= 0.6 is 24.4 Å². The van der Waals surface area contributed by atoms with E-state index in [4.69, 9.17) is 21.9 Å². The number of thiol groups is 1. The molecule has 1 aromatic rings. The average molecular weight is 1790 g/mol. The van der Waals surface area contributed by atoms with Gasteiger partial charge in [-0.3, -0.25) is 76.9 Å². The lowest BCUT2D eigenvalue weighted by Crippen LogP contribution is -2.62. The lowest BCUT2D eigenvalue weighted by atomic mass is 10.0. The molecule has 0 unspecified atom stereocenters. The Bertz CT molecular complexity index is 3550. The summed E-state index contributed by atoms with van der Waals surface area (Å²) < 4.78 is 5.39. The molecule has 1 fully saturated rings. The number of aliphatic imine (C=N–C) groups is 1. The summed E-state index contributed by atoms with van der Waals surface area (Å²) in [4.78, 5) is 223. The van der Waals surface area contributed by atoms with Crippen molar-refractivity contribution in [3.05, 3.63) is 35.9 Å². The molecule has 0 aromatic heterocycles. The third kappa shape index (κ3) is 45.4. The fourth-order valence-electron chi connectivity index (χ4n) is 13.5. The molecule has 1 aliphatic rings. The molecule has 0 saturated carbocycles. The number of likely N-dealkylation sites (tertiary alicyclic amines) is 1. The van der Waals surface area contributed by atoms with Crippen molar-refractivity contribution < 1.29 is 112 Å². The molecule has 0 radical (unpaired) electrons. The van der Waals surface area contributed by atoms with Gasteiger partial charge in [0.15, 0.2) is 12.0 Å². The van der Waals surface area contributed by atoms with E-state index in [1.54, 1.807) is 58.0 Å². The van der Waals surface area contributed by atoms with Gasteiger partial charge in [-0.05, 0) is 102 Å². The van der Waals surface area contributed by atoms with E-state index in [-0.39, 0.29) is 102 Å². The number of amides is 12. The number of carbonyl (C=O) groups excluding carboxylic acids is 13. The molecule has 124 heavy (non-hydrogen) atoms. The highest BCUT2D eigenvalue weighted by atomic mass is 32.2. The van der Waals surface area contributed by atoms with E-state index in [2.05, 4.69) is 83.0 Å². The summed E-state index contributed by atoms with van der Waals surface area (Å²) in [6.45, 7) is 10.0. The predicted octanol–water partition coefficient (Wildman–Crippen LogP) is 0.473. The summed E-state index contributed by atoms with van der Waals surface area (Å²) in [7, 11) is 0. The van der Waals surface area contributed by atoms with Crippen LogP contribution in [0.1, 0.15) is 234 Å². The third-order valence-corrected chi connectivity index (χ3v) is 21.8. The lowest BCUT2D eigenvalue weighted by molar-refractivity contribution is -0.145. The SMILES string of the molecule is CCCCCCCCCCCCCCCCCC(=O)OCCSCCC(=O)N[C@H](C(=O)N[C@@H](CC(=O)O)C(=O)N[C@@H](CS)C(=O)N[C@@H](Cc1ccccc1)C(=O)N[C@@H](CC(C)C)C(=O)N[C@@H](CO)C(=O)N[C@@H](CCCN=C(N)N)C(=O)N1CCC[C@H]1C(=O)N[C@H](C(=O)N[C@@H](CCC(=O)O)C(=O)N[C@@H](CCCCN)C(=O)N[C@H](C(=O)O)[C@@H](C)O)[C@@H](C)O)C(C)C. The number of carboxylic acids is 3. The van der Waals surface area contributed by atoms with E-state index in [1.807, 2.05) is 0 Å². The number of aliphatic hydroxyl groups excluding tert-OH is 3. The first kappa shape index (κ1) is 111. The van der Waals surface area contributed by atoms with Crippen molar-refractivity contribution in [2.45, 2.75) is 319 Å². The monoisotopic (exact) mass is 1790 g/mol. The van der Waals surface area contributed by atoms with Crippen LogP contribution in [-0.2, 0) is 87.9 Å². The van der Waals surface area contributed by atoms with E-state index in [0.717, 1.165) is 44.4 Å². The van der Waals surface area contributed by atoms with Gasteiger partial charge < -0.3 is 116 Å². The highest BCUT2D eigenvalue weighted by molar-refractivity contribution is 7.99. The van der Waals surface area contributed by atoms with Crippen LogP contribution in [0, 0.1) is 11.8 Å². The molecule has 41 heteroatoms. The Kier molecular flexibility index (Phi) is 55.9. The topological polar surface area (TPSA) is 630 Å². The summed E-state index contributed by atoms with van der Waals surface area (Å²) in [5, 5.41) is 87.6. The van der Waals surface area contributed by atoms with Crippen LogP contribution < -0.4 is 75.7 Å². The Labute approximate surface area is 736 Å². The lowest BCUT2D eigenvalue weighted by Gasteiger charge is -2.31. The average Bonchev–Trinajstić information content (AvgIpc) is 1.64. The molecule has 0 aliphatic carbocycles. The molecule has 2 rings (SSSR count). The van der Waals surface area contributed by atoms with Gasteiger partial charge in [0.1, 0.15) is 73.1 Å². The smallest absolute Gasteiger partial charge is 0.328 e. The quantitative estimate of drug-likeness (QED) is 0.0139. The minimum absolute atomic E-state index is 0.000357. The van der Waals surface area contributed by atoms with Gasteiger partial charge >= 0.3 is 23.9 Å². The number of nitrogens with one attached hydrogen (secondary N) is 11. The van der Waals surface area contributed by atoms with Crippen molar-refractivity contribution in [3.8, 4) is 0 Å². The first-order chi connectivity index (χ1) is 58.9. The van der Waals surface area contributed by atoms with Gasteiger partial charge in [0.2, 0.25) is 70.9 Å². The number of carbonyl (C=O) groups is 16. The summed E-state index contributed by atoms with van der Waals surface area (Å²) in [5.74, 6) is -17.9. The van der Waals surface area contributed by atoms with Gasteiger partial charge in [-0.15, -0.1) is 0 Å². The summed E-state index contributed by atoms with van der Waals surface area (Å²) in [6, 6.07) is -11.4. The largest absolute Gasteiger partial charge is 0.481 e. The van der Waals surface area contributed by atoms with Crippen molar-refractivity contribution in [3.63, 3.8) is 0 Å². The number of benzene rings is 1. The number of hydrogen-bond acceptors (Lipinski definition) is 24. The van der Waals surface area contributed by atoms with Gasteiger partial charge in [-0.25, -0.2) is 4.79 Å². The normalized spacial score (nSPS) is 15.6. The zero-order valence-electron chi connectivity index (χ0n) is 72.9. The molecule has 0 spiro atoms. The van der Waals surface area contributed by atoms with Crippen molar-refractivity contribution in [2.75, 3.05) is 50.1 Å². The van der Waals surface area contributed by atoms with Gasteiger partial charge in [0.25, 0.3) is 0 Å². The summed E-state index contributed by atoms with van der Waals surface area (Å²) >= 11 is 5.64. The van der Waals surface area contributed by atoms with E-state index >= 15 is 0 Å². The standard InChI is InChI=1S/C83H140N16O23S2/c1-8-9-10-11-12-13-14-15-16-17-18-19-20-21-25-35-67(108)122-42-44-124-43-38-64(103)96-68(51(4)5)79(117)93-60(47-66(106)107)75(113)95-62(49-123)77(115)92-59(46-54-30-23-22-24-31-54)74(112)91-58(45-50(2)3)73(111)94-61(48-100)76(114)90-57(33-28-40-87-83(85)86)81(119)99-41-29-34-63(99)78(116)97-69(52(6)101)80(118)89-56(36-37-65(104)105)71(109)88-55(32-26-27-39-84)72(110)98-70(53(7)102)82(120)121/h22-24,30-31,50-53,55-63,68-70,100-102,123H,8-21,25-29,32-49,84H2,1-7H3,(H,88,109)(H,89,118)(H,90,114)(H,91,112)(H,92,115)(H,93,117)(H,94,111)(H,95,113)(H,96,103)(H,97,116)(H,98,110)(H,104,105)(H,106,107)(H,120,121)(H4,85,86,87)/t52-,53-,55+,56+,57+,58+,59+,60+,61+,62+,63+,68+,69+,70+/m1/s1. The Morgan fingerprint density at radius 2 is 1.01 bits per heavy atom. The number of unbranched alkanes of at least 4 members (excludes halogenated alkanes) is 15. The van der Waals surface area contributed by atoms with Crippen LogP contribution in [0.5, 0.6) is 0 Å². The Morgan fingerprint density at radius 3 is 1.56 bits per heavy atom. The van der Waals surface area contributed by atoms with Crippen LogP contribution in [0.3, 0.4) is 0 Å². The Hall–Kier alpha value is -9.45. The maximum Gasteiger partial charge on any atom is 0.328 e. The minimum atomic E-state index is -1.91. The van der Waals surface area contributed by atoms with Gasteiger partial charge in [0.05, 0.1) is 25.2 Å². The zero-order chi connectivity index (χ0) is 92.8. The van der Waals surface area contributed by atoms with E-state index < -0.39 is 211 Å². The van der Waals surface area contributed by atoms with Crippen LogP contribution in [0.15, 0.2) is 35.3 Å². The second kappa shape index (κ2) is 62.6. The molecular formula is C83H140N16O23S2. The van der Waals surface area contributed by atoms with Crippen molar-refractivity contribution in [1.82, 2.24) is 63.4 Å². The minimum Gasteiger partial charge on any atom is -0.481 e. The van der Waals surface area contributed by atoms with Crippen molar-refractivity contribution >= 4 is 125 Å². The maximum atomic E-state index is 14.8. The maximum absolute atomic E-state index is 14.8. The number of rotatable bonds is 67. The second-order valence-corrected chi connectivity index (χ2v) is 33.6. The molecule has 0 bridgehead atoms. The van der Waals surface area contributed by atoms with Crippen LogP contribution in [-0.4, -0.2) is 271 Å². The fourth-order valence-corrected chi connectivity index (χ4v) is 14.5. The number of thioether (sulfide) groups is 1. The summed E-state index contributed by atoms with van der Waals surface area (Å²) in [5.41, 5.74) is 17.2. The number of ether oxygens (including phenoxy) is 1. The molecule has 1 saturated heterocycles. The number of nitrogens with two attached hydrogens (primary N) is 3. The van der Waals surface area contributed by atoms with Crippen LogP contribution in [0.4, 0.5) is 0 Å². The first-order valence-electron chi connectivity index (χ1n) is 43.3. The van der Waals surface area contributed by atoms with Crippen molar-refractivity contribution in [1.29, 1.82) is 0 Å². The molecule has 702 valence electrons. The highest BCUT2D eigenvalue weighted by Crippen LogP contribution is 2.22. The van der Waals surface area contributed by atoms with Gasteiger partial charge in [0, 0.05) is 56.0 Å². The number of nitrogens with zero attached hydrogens (tertiary/aromatic N) is 2. The molecule has 1 aromatic carbocycles. The van der Waals surface area contributed by atoms with Crippen LogP contribution in [0.2, 0.25) is 0 Å². The molecule has 23 N–H and O–H groups in total. The number of aliphatic carboxylic acids is 3. The molecule has 14 atom stereocenters. The van der Waals surface area contributed by atoms with E-state index in [9.17, 15) is 107 Å². The van der Waals surface area contributed by atoms with Gasteiger partial charge in [-0.1, -0.05) is 155 Å². The molecule has 1 aliphatic heterocycles. The number of aliphatic hydroxyl groups is 3. The zero-order valence-corrected chi connectivity index (χ0v) is 74.6. The number of hydrogen-bond donors (Lipinski definition) is 21. The summed E-state index contributed by atoms with van der Waals surface area (Å²) in [6.07, 6.45) is 12.8. The molecule has 1 heterocycles. The second-order valence-electron chi connectivity index (χ2n) is 32.0. The van der Waals surface area contributed by atoms with Crippen LogP contribution in [0.25, 0.3) is 0 Å². The number of esters is 1. The number of carboxylic acid groups (broad SMARTS) is 3. The Balaban J connectivity index is 2.27. The molecule has 39 nitrogen and oxygen atoms in total. The number of guanidine groups is 1. The van der Waals surface area contributed by atoms with Crippen molar-refractivity contribution in [2.24, 2.45) is 34.0 Å². The van der Waals surface area contributed by atoms with E-state index in [0.29, 0.717) is 29.9 Å². The highest BCUT2D eigenvalue weighted by Gasteiger charge is 2.42. The van der Waals surface area contributed by atoms with E-state index in [1.165, 1.54) is 82.4 Å². The Morgan fingerprint density at radius 1 is 0.516 bits per heavy atom. The first-order valence-corrected chi connectivity index (χ1v) is 45.1. The third-order valence-electron chi connectivity index (χ3n) is 20.5.